The molecule has 0 fully saturated rings. The average Bonchev–Trinajstić information content (AvgIpc) is 2.97. The highest BCUT2D eigenvalue weighted by Gasteiger charge is 2.16. The van der Waals surface area contributed by atoms with Gasteiger partial charge in [0.1, 0.15) is 0 Å². The van der Waals surface area contributed by atoms with E-state index in [9.17, 15) is 0 Å². The zero-order chi connectivity index (χ0) is 16.0. The van der Waals surface area contributed by atoms with Gasteiger partial charge in [0.15, 0.2) is 0 Å². The van der Waals surface area contributed by atoms with Crippen molar-refractivity contribution in [1.82, 2.24) is 9.55 Å². The smallest absolute Gasteiger partial charge is 0.0964 e. The standard InChI is InChI=1S/C19H18Cl2N2/c1-12(13-6-7-16(20)17(21)8-13)23-11-22-18-9-14-4-2-3-5-15(14)10-19(18)23/h6-12H,2-5H2,1H3. The van der Waals surface area contributed by atoms with E-state index in [1.54, 1.807) is 0 Å². The van der Waals surface area contributed by atoms with E-state index in [0.29, 0.717) is 10.0 Å². The van der Waals surface area contributed by atoms with Crippen molar-refractivity contribution in [2.45, 2.75) is 38.6 Å². The van der Waals surface area contributed by atoms with Gasteiger partial charge in [0.2, 0.25) is 0 Å². The number of halogens is 2. The number of nitrogens with zero attached hydrogens (tertiary/aromatic N) is 2. The van der Waals surface area contributed by atoms with Gasteiger partial charge in [0.05, 0.1) is 33.4 Å². The largest absolute Gasteiger partial charge is 0.323 e. The van der Waals surface area contributed by atoms with Gasteiger partial charge in [-0.25, -0.2) is 4.98 Å². The molecule has 23 heavy (non-hydrogen) atoms. The molecule has 0 amide bonds. The van der Waals surface area contributed by atoms with Gasteiger partial charge in [-0.3, -0.25) is 0 Å². The first-order valence-corrected chi connectivity index (χ1v) is 8.82. The van der Waals surface area contributed by atoms with Crippen LogP contribution in [0, 0.1) is 0 Å². The molecule has 2 nitrogen and oxygen atoms in total. The number of aryl methyl sites for hydroxylation is 2. The summed E-state index contributed by atoms with van der Waals surface area (Å²) in [7, 11) is 0. The maximum atomic E-state index is 6.18. The SMILES string of the molecule is CC(c1ccc(Cl)c(Cl)c1)n1cnc2cc3c(cc21)CCCC3. The Hall–Kier alpha value is -1.51. The van der Waals surface area contributed by atoms with Crippen molar-refractivity contribution >= 4 is 34.2 Å². The molecule has 0 aliphatic heterocycles. The third kappa shape index (κ3) is 2.64. The van der Waals surface area contributed by atoms with Crippen LogP contribution < -0.4 is 0 Å². The number of hydrogen-bond donors (Lipinski definition) is 0. The van der Waals surface area contributed by atoms with Crippen LogP contribution in [0.5, 0.6) is 0 Å². The molecular weight excluding hydrogens is 327 g/mol. The lowest BCUT2D eigenvalue weighted by Crippen LogP contribution is -2.07. The topological polar surface area (TPSA) is 17.8 Å². The van der Waals surface area contributed by atoms with Crippen molar-refractivity contribution in [3.8, 4) is 0 Å². The molecule has 1 aromatic heterocycles. The number of aromatic nitrogens is 2. The molecule has 1 aliphatic rings. The van der Waals surface area contributed by atoms with Gasteiger partial charge in [-0.15, -0.1) is 0 Å². The van der Waals surface area contributed by atoms with E-state index in [1.807, 2.05) is 24.5 Å². The van der Waals surface area contributed by atoms with Gasteiger partial charge in [0, 0.05) is 0 Å². The lowest BCUT2D eigenvalue weighted by molar-refractivity contribution is 0.655. The molecule has 3 aromatic rings. The van der Waals surface area contributed by atoms with E-state index in [1.165, 1.54) is 42.3 Å². The predicted octanol–water partition coefficient (Wildman–Crippen LogP) is 5.83. The van der Waals surface area contributed by atoms with Crippen LogP contribution in [0.25, 0.3) is 11.0 Å². The summed E-state index contributed by atoms with van der Waals surface area (Å²) in [5.41, 5.74) is 6.36. The van der Waals surface area contributed by atoms with Crippen LogP contribution in [0.2, 0.25) is 10.0 Å². The fourth-order valence-corrected chi connectivity index (χ4v) is 3.80. The van der Waals surface area contributed by atoms with Crippen LogP contribution in [-0.4, -0.2) is 9.55 Å². The number of imidazole rings is 1. The second-order valence-corrected chi connectivity index (χ2v) is 7.13. The van der Waals surface area contributed by atoms with Crippen molar-refractivity contribution in [1.29, 1.82) is 0 Å². The van der Waals surface area contributed by atoms with Crippen molar-refractivity contribution in [2.24, 2.45) is 0 Å². The second kappa shape index (κ2) is 5.85. The van der Waals surface area contributed by atoms with Crippen molar-refractivity contribution in [2.75, 3.05) is 0 Å². The molecule has 0 saturated heterocycles. The first-order valence-electron chi connectivity index (χ1n) is 8.07. The zero-order valence-corrected chi connectivity index (χ0v) is 14.5. The summed E-state index contributed by atoms with van der Waals surface area (Å²) >= 11 is 12.2. The van der Waals surface area contributed by atoms with Gasteiger partial charge < -0.3 is 4.57 Å². The lowest BCUT2D eigenvalue weighted by atomic mass is 9.91. The quantitative estimate of drug-likeness (QED) is 0.571. The first-order chi connectivity index (χ1) is 11.1. The van der Waals surface area contributed by atoms with Crippen LogP contribution in [0.4, 0.5) is 0 Å². The monoisotopic (exact) mass is 344 g/mol. The number of benzene rings is 2. The summed E-state index contributed by atoms with van der Waals surface area (Å²) in [4.78, 5) is 4.62. The molecule has 0 spiro atoms. The van der Waals surface area contributed by atoms with Gasteiger partial charge >= 0.3 is 0 Å². The molecule has 1 unspecified atom stereocenters. The molecule has 118 valence electrons. The molecular formula is C19H18Cl2N2. The Bertz CT molecular complexity index is 882. The van der Waals surface area contributed by atoms with Crippen LogP contribution in [-0.2, 0) is 12.8 Å². The number of rotatable bonds is 2. The fraction of sp³-hybridized carbons (Fsp3) is 0.316. The minimum Gasteiger partial charge on any atom is -0.323 e. The van der Waals surface area contributed by atoms with Gasteiger partial charge in [0.25, 0.3) is 0 Å². The maximum Gasteiger partial charge on any atom is 0.0964 e. The average molecular weight is 345 g/mol. The highest BCUT2D eigenvalue weighted by molar-refractivity contribution is 6.42. The van der Waals surface area contributed by atoms with E-state index in [0.717, 1.165) is 11.1 Å². The third-order valence-electron chi connectivity index (χ3n) is 4.88. The van der Waals surface area contributed by atoms with Crippen LogP contribution in [0.3, 0.4) is 0 Å². The Balaban J connectivity index is 1.80. The van der Waals surface area contributed by atoms with Crippen molar-refractivity contribution < 1.29 is 0 Å². The Labute approximate surface area is 146 Å². The molecule has 0 radical (unpaired) electrons. The maximum absolute atomic E-state index is 6.18. The number of hydrogen-bond acceptors (Lipinski definition) is 1. The molecule has 2 aromatic carbocycles. The molecule has 0 bridgehead atoms. The van der Waals surface area contributed by atoms with E-state index < -0.39 is 0 Å². The zero-order valence-electron chi connectivity index (χ0n) is 13.0. The molecule has 1 aliphatic carbocycles. The minimum absolute atomic E-state index is 0.163. The summed E-state index contributed by atoms with van der Waals surface area (Å²) in [5, 5.41) is 1.19. The minimum atomic E-state index is 0.163. The summed E-state index contributed by atoms with van der Waals surface area (Å²) < 4.78 is 2.23. The highest BCUT2D eigenvalue weighted by atomic mass is 35.5. The van der Waals surface area contributed by atoms with Crippen molar-refractivity contribution in [3.63, 3.8) is 0 Å². The summed E-state index contributed by atoms with van der Waals surface area (Å²) in [5.74, 6) is 0. The molecule has 4 rings (SSSR count). The highest BCUT2D eigenvalue weighted by Crippen LogP contribution is 2.31. The molecule has 1 atom stereocenters. The summed E-state index contributed by atoms with van der Waals surface area (Å²) in [6.45, 7) is 2.17. The third-order valence-corrected chi connectivity index (χ3v) is 5.62. The van der Waals surface area contributed by atoms with Gasteiger partial charge in [-0.1, -0.05) is 29.3 Å². The van der Waals surface area contributed by atoms with Crippen LogP contribution >= 0.6 is 23.2 Å². The van der Waals surface area contributed by atoms with Crippen LogP contribution in [0.15, 0.2) is 36.7 Å². The first kappa shape index (κ1) is 15.0. The molecule has 1 heterocycles. The Kier molecular flexibility index (Phi) is 3.82. The Morgan fingerprint density at radius 3 is 2.48 bits per heavy atom. The Morgan fingerprint density at radius 1 is 1.00 bits per heavy atom. The molecule has 4 heteroatoms. The number of fused-ring (bicyclic) bond motifs is 2. The van der Waals surface area contributed by atoms with E-state index in [4.69, 9.17) is 23.2 Å². The Morgan fingerprint density at radius 2 is 1.74 bits per heavy atom. The van der Waals surface area contributed by atoms with Crippen LogP contribution in [0.1, 0.15) is 42.5 Å². The lowest BCUT2D eigenvalue weighted by Gasteiger charge is -2.18. The predicted molar refractivity (Wildman–Crippen MR) is 96.7 cm³/mol. The summed E-state index contributed by atoms with van der Waals surface area (Å²) in [6.07, 6.45) is 6.87. The van der Waals surface area contributed by atoms with Crippen molar-refractivity contribution in [3.05, 3.63) is 63.4 Å². The second-order valence-electron chi connectivity index (χ2n) is 6.32. The molecule has 0 N–H and O–H groups in total. The molecule has 0 saturated carbocycles. The van der Waals surface area contributed by atoms with E-state index in [2.05, 4.69) is 28.6 Å². The van der Waals surface area contributed by atoms with E-state index >= 15 is 0 Å². The normalized spacial score (nSPS) is 15.6. The van der Waals surface area contributed by atoms with E-state index in [-0.39, 0.29) is 6.04 Å². The van der Waals surface area contributed by atoms with Gasteiger partial charge in [-0.05, 0) is 73.6 Å². The fourth-order valence-electron chi connectivity index (χ4n) is 3.50. The summed E-state index contributed by atoms with van der Waals surface area (Å²) in [6, 6.07) is 10.6. The van der Waals surface area contributed by atoms with Gasteiger partial charge in [-0.2, -0.15) is 0 Å².